The average molecular weight is 258 g/mol. The summed E-state index contributed by atoms with van der Waals surface area (Å²) in [6.07, 6.45) is 1.80. The SMILES string of the molecule is CC1CC(Nc2cc(F)c(F)c(F)c2)CCN1C. The molecule has 2 atom stereocenters. The highest BCUT2D eigenvalue weighted by molar-refractivity contribution is 5.45. The van der Waals surface area contributed by atoms with Gasteiger partial charge in [-0.15, -0.1) is 0 Å². The summed E-state index contributed by atoms with van der Waals surface area (Å²) in [5.41, 5.74) is 0.299. The van der Waals surface area contributed by atoms with E-state index in [0.29, 0.717) is 11.7 Å². The third-order valence-corrected chi connectivity index (χ3v) is 3.56. The summed E-state index contributed by atoms with van der Waals surface area (Å²) in [7, 11) is 2.05. The Morgan fingerprint density at radius 2 is 1.83 bits per heavy atom. The van der Waals surface area contributed by atoms with Crippen molar-refractivity contribution in [2.45, 2.75) is 31.8 Å². The normalized spacial score (nSPS) is 25.2. The largest absolute Gasteiger partial charge is 0.382 e. The Bertz CT molecular complexity index is 413. The van der Waals surface area contributed by atoms with Crippen LogP contribution in [0.15, 0.2) is 12.1 Å². The molecule has 2 unspecified atom stereocenters. The number of hydrogen-bond acceptors (Lipinski definition) is 2. The summed E-state index contributed by atoms with van der Waals surface area (Å²) >= 11 is 0. The molecule has 1 fully saturated rings. The predicted molar refractivity (Wildman–Crippen MR) is 65.1 cm³/mol. The third-order valence-electron chi connectivity index (χ3n) is 3.56. The fourth-order valence-electron chi connectivity index (χ4n) is 2.30. The second-order valence-electron chi connectivity index (χ2n) is 4.95. The maximum absolute atomic E-state index is 13.1. The summed E-state index contributed by atoms with van der Waals surface area (Å²) in [4.78, 5) is 2.24. The summed E-state index contributed by atoms with van der Waals surface area (Å²) < 4.78 is 39.0. The minimum absolute atomic E-state index is 0.167. The number of piperidine rings is 1. The van der Waals surface area contributed by atoms with Crippen LogP contribution < -0.4 is 5.32 Å². The van der Waals surface area contributed by atoms with E-state index in [2.05, 4.69) is 24.2 Å². The number of halogens is 3. The Labute approximate surface area is 105 Å². The van der Waals surface area contributed by atoms with Gasteiger partial charge in [-0.3, -0.25) is 0 Å². The van der Waals surface area contributed by atoms with E-state index in [9.17, 15) is 13.2 Å². The molecule has 1 aliphatic heterocycles. The lowest BCUT2D eigenvalue weighted by Crippen LogP contribution is -2.42. The van der Waals surface area contributed by atoms with Gasteiger partial charge >= 0.3 is 0 Å². The molecule has 0 radical (unpaired) electrons. The molecule has 0 aliphatic carbocycles. The highest BCUT2D eigenvalue weighted by atomic mass is 19.2. The molecule has 0 amide bonds. The molecule has 18 heavy (non-hydrogen) atoms. The van der Waals surface area contributed by atoms with Crippen LogP contribution >= 0.6 is 0 Å². The van der Waals surface area contributed by atoms with Gasteiger partial charge < -0.3 is 10.2 Å². The Morgan fingerprint density at radius 1 is 1.22 bits per heavy atom. The zero-order valence-corrected chi connectivity index (χ0v) is 10.5. The molecule has 1 aliphatic rings. The van der Waals surface area contributed by atoms with E-state index in [0.717, 1.165) is 31.5 Å². The lowest BCUT2D eigenvalue weighted by Gasteiger charge is -2.35. The maximum atomic E-state index is 13.1. The minimum atomic E-state index is -1.42. The Morgan fingerprint density at radius 3 is 2.39 bits per heavy atom. The van der Waals surface area contributed by atoms with E-state index in [1.807, 2.05) is 0 Å². The van der Waals surface area contributed by atoms with E-state index in [1.54, 1.807) is 0 Å². The summed E-state index contributed by atoms with van der Waals surface area (Å²) in [5.74, 6) is -3.73. The van der Waals surface area contributed by atoms with Crippen molar-refractivity contribution in [2.24, 2.45) is 0 Å². The van der Waals surface area contributed by atoms with Crippen LogP contribution in [0.1, 0.15) is 19.8 Å². The molecule has 1 aromatic carbocycles. The zero-order chi connectivity index (χ0) is 13.3. The molecule has 100 valence electrons. The van der Waals surface area contributed by atoms with E-state index in [1.165, 1.54) is 0 Å². The van der Waals surface area contributed by atoms with Gasteiger partial charge in [-0.05, 0) is 26.8 Å². The topological polar surface area (TPSA) is 15.3 Å². The number of rotatable bonds is 2. The lowest BCUT2D eigenvalue weighted by molar-refractivity contribution is 0.190. The molecule has 0 aromatic heterocycles. The van der Waals surface area contributed by atoms with E-state index < -0.39 is 17.5 Å². The second kappa shape index (κ2) is 5.18. The summed E-state index contributed by atoms with van der Waals surface area (Å²) in [6, 6.07) is 2.59. The second-order valence-corrected chi connectivity index (χ2v) is 4.95. The number of likely N-dealkylation sites (tertiary alicyclic amines) is 1. The third kappa shape index (κ3) is 2.77. The van der Waals surface area contributed by atoms with Crippen LogP contribution in [-0.4, -0.2) is 30.6 Å². The average Bonchev–Trinajstić information content (AvgIpc) is 2.31. The molecular weight excluding hydrogens is 241 g/mol. The quantitative estimate of drug-likeness (QED) is 0.820. The van der Waals surface area contributed by atoms with Gasteiger partial charge in [0.1, 0.15) is 0 Å². The Hall–Kier alpha value is -1.23. The van der Waals surface area contributed by atoms with Crippen LogP contribution in [0.3, 0.4) is 0 Å². The van der Waals surface area contributed by atoms with Crippen LogP contribution in [0.4, 0.5) is 18.9 Å². The van der Waals surface area contributed by atoms with Gasteiger partial charge in [0.25, 0.3) is 0 Å². The van der Waals surface area contributed by atoms with Crippen molar-refractivity contribution in [1.29, 1.82) is 0 Å². The number of nitrogens with one attached hydrogen (secondary N) is 1. The minimum Gasteiger partial charge on any atom is -0.382 e. The van der Waals surface area contributed by atoms with Crippen LogP contribution in [0.5, 0.6) is 0 Å². The van der Waals surface area contributed by atoms with Gasteiger partial charge in [0.05, 0.1) is 0 Å². The maximum Gasteiger partial charge on any atom is 0.194 e. The first-order valence-corrected chi connectivity index (χ1v) is 6.08. The van der Waals surface area contributed by atoms with E-state index in [4.69, 9.17) is 0 Å². The van der Waals surface area contributed by atoms with Gasteiger partial charge in [-0.2, -0.15) is 0 Å². The predicted octanol–water partition coefficient (Wildman–Crippen LogP) is 3.00. The highest BCUT2D eigenvalue weighted by Gasteiger charge is 2.23. The van der Waals surface area contributed by atoms with Crippen LogP contribution in [0.25, 0.3) is 0 Å². The van der Waals surface area contributed by atoms with Crippen molar-refractivity contribution in [3.8, 4) is 0 Å². The zero-order valence-electron chi connectivity index (χ0n) is 10.5. The monoisotopic (exact) mass is 258 g/mol. The fraction of sp³-hybridized carbons (Fsp3) is 0.538. The summed E-state index contributed by atoms with van der Waals surface area (Å²) in [6.45, 7) is 3.05. The lowest BCUT2D eigenvalue weighted by atomic mass is 9.98. The number of nitrogens with zero attached hydrogens (tertiary/aromatic N) is 1. The van der Waals surface area contributed by atoms with Crippen LogP contribution in [-0.2, 0) is 0 Å². The van der Waals surface area contributed by atoms with Gasteiger partial charge in [-0.25, -0.2) is 13.2 Å². The fourth-order valence-corrected chi connectivity index (χ4v) is 2.30. The molecular formula is C13H17F3N2. The first-order chi connectivity index (χ1) is 8.47. The molecule has 0 spiro atoms. The number of anilines is 1. The van der Waals surface area contributed by atoms with Crippen LogP contribution in [0, 0.1) is 17.5 Å². The molecule has 1 N–H and O–H groups in total. The molecule has 0 saturated carbocycles. The molecule has 0 bridgehead atoms. The molecule has 1 heterocycles. The number of hydrogen-bond donors (Lipinski definition) is 1. The molecule has 5 heteroatoms. The van der Waals surface area contributed by atoms with Gasteiger partial charge in [-0.1, -0.05) is 0 Å². The summed E-state index contributed by atoms with van der Waals surface area (Å²) in [5, 5.41) is 3.07. The Kier molecular flexibility index (Phi) is 3.80. The van der Waals surface area contributed by atoms with Crippen molar-refractivity contribution in [2.75, 3.05) is 18.9 Å². The first kappa shape index (κ1) is 13.2. The van der Waals surface area contributed by atoms with Gasteiger partial charge in [0, 0.05) is 36.4 Å². The number of benzene rings is 1. The Balaban J connectivity index is 2.06. The van der Waals surface area contributed by atoms with Gasteiger partial charge in [0.15, 0.2) is 17.5 Å². The van der Waals surface area contributed by atoms with Crippen molar-refractivity contribution < 1.29 is 13.2 Å². The molecule has 1 aromatic rings. The standard InChI is InChI=1S/C13H17F3N2/c1-8-5-9(3-4-18(8)2)17-10-6-11(14)13(16)12(15)7-10/h6-9,17H,3-5H2,1-2H3. The van der Waals surface area contributed by atoms with E-state index >= 15 is 0 Å². The van der Waals surface area contributed by atoms with Gasteiger partial charge in [0.2, 0.25) is 0 Å². The van der Waals surface area contributed by atoms with E-state index in [-0.39, 0.29) is 6.04 Å². The molecule has 2 nitrogen and oxygen atoms in total. The molecule has 1 saturated heterocycles. The molecule has 2 rings (SSSR count). The van der Waals surface area contributed by atoms with Crippen molar-refractivity contribution >= 4 is 5.69 Å². The van der Waals surface area contributed by atoms with Crippen molar-refractivity contribution in [1.82, 2.24) is 4.90 Å². The smallest absolute Gasteiger partial charge is 0.194 e. The van der Waals surface area contributed by atoms with Crippen molar-refractivity contribution in [3.05, 3.63) is 29.6 Å². The van der Waals surface area contributed by atoms with Crippen molar-refractivity contribution in [3.63, 3.8) is 0 Å². The highest BCUT2D eigenvalue weighted by Crippen LogP contribution is 2.22. The van der Waals surface area contributed by atoms with Crippen LogP contribution in [0.2, 0.25) is 0 Å². The first-order valence-electron chi connectivity index (χ1n) is 6.08.